The zero-order valence-electron chi connectivity index (χ0n) is 27.8. The van der Waals surface area contributed by atoms with Crippen molar-refractivity contribution < 1.29 is 0 Å². The fourth-order valence-corrected chi connectivity index (χ4v) is 13.5. The lowest BCUT2D eigenvalue weighted by atomic mass is 9.97. The van der Waals surface area contributed by atoms with E-state index in [9.17, 15) is 0 Å². The summed E-state index contributed by atoms with van der Waals surface area (Å²) in [7, 11) is 3.38. The molecule has 2 nitrogen and oxygen atoms in total. The number of anilines is 4. The maximum absolute atomic E-state index is 2.64. The van der Waals surface area contributed by atoms with Crippen molar-refractivity contribution in [2.45, 2.75) is 62.9 Å². The smallest absolute Gasteiger partial charge is 0.0520 e. The quantitative estimate of drug-likeness (QED) is 0.214. The first-order valence-electron chi connectivity index (χ1n) is 16.8. The Hall–Kier alpha value is -3.69. The van der Waals surface area contributed by atoms with Crippen molar-refractivity contribution in [3.05, 3.63) is 128 Å². The van der Waals surface area contributed by atoms with Gasteiger partial charge in [0.2, 0.25) is 0 Å². The van der Waals surface area contributed by atoms with Crippen LogP contribution in [0.5, 0.6) is 0 Å². The number of fused-ring (bicyclic) bond motifs is 4. The second-order valence-electron chi connectivity index (χ2n) is 14.3. The van der Waals surface area contributed by atoms with Crippen molar-refractivity contribution >= 4 is 44.9 Å². The number of nitrogens with zero attached hydrogens (tertiary/aromatic N) is 2. The summed E-state index contributed by atoms with van der Waals surface area (Å²) < 4.78 is 0. The second-order valence-corrected chi connectivity index (χ2v) is 18.2. The molecule has 0 N–H and O–H groups in total. The molecule has 0 aliphatic heterocycles. The molecule has 230 valence electrons. The topological polar surface area (TPSA) is 6.48 Å². The van der Waals surface area contributed by atoms with E-state index >= 15 is 0 Å². The Morgan fingerprint density at radius 1 is 0.578 bits per heavy atom. The van der Waals surface area contributed by atoms with E-state index in [1.54, 1.807) is 44.5 Å². The first-order valence-corrected chi connectivity index (χ1v) is 19.4. The summed E-state index contributed by atoms with van der Waals surface area (Å²) >= 11 is 0. The number of hydrogen-bond acceptors (Lipinski definition) is 2. The van der Waals surface area contributed by atoms with Crippen LogP contribution in [0.25, 0.3) is 12.2 Å². The van der Waals surface area contributed by atoms with Crippen LogP contribution in [0, 0.1) is 0 Å². The SMILES string of the molecule is CC1=Cc2c(cc3c(c2N(C)c2ccccc2)CCC3)C1S(C)(C)C1C(C)=Cc2c1cc1c(c2N(C)c2ccccc2)CCC1. The highest BCUT2D eigenvalue weighted by atomic mass is 32.3. The van der Waals surface area contributed by atoms with Crippen LogP contribution in [0.4, 0.5) is 22.7 Å². The van der Waals surface area contributed by atoms with E-state index in [2.05, 4.69) is 135 Å². The molecule has 4 aliphatic carbocycles. The predicted molar refractivity (Wildman–Crippen MR) is 198 cm³/mol. The van der Waals surface area contributed by atoms with E-state index in [0.717, 1.165) is 0 Å². The van der Waals surface area contributed by atoms with Crippen molar-refractivity contribution in [3.63, 3.8) is 0 Å². The van der Waals surface area contributed by atoms with Gasteiger partial charge in [-0.15, -0.1) is 0 Å². The van der Waals surface area contributed by atoms with Gasteiger partial charge >= 0.3 is 0 Å². The molecule has 0 saturated heterocycles. The molecule has 4 aromatic rings. The third-order valence-corrected chi connectivity index (χ3v) is 14.9. The van der Waals surface area contributed by atoms with Gasteiger partial charge in [-0.2, -0.15) is 0 Å². The molecule has 45 heavy (non-hydrogen) atoms. The van der Waals surface area contributed by atoms with Gasteiger partial charge in [0, 0.05) is 47.1 Å². The van der Waals surface area contributed by atoms with Crippen molar-refractivity contribution in [3.8, 4) is 0 Å². The monoisotopic (exact) mass is 610 g/mol. The van der Waals surface area contributed by atoms with Gasteiger partial charge in [-0.05, 0) is 123 Å². The van der Waals surface area contributed by atoms with E-state index in [0.29, 0.717) is 10.5 Å². The Kier molecular flexibility index (Phi) is 6.84. The molecule has 0 amide bonds. The molecular weight excluding hydrogens is 565 g/mol. The summed E-state index contributed by atoms with van der Waals surface area (Å²) in [6.07, 6.45) is 17.7. The summed E-state index contributed by atoms with van der Waals surface area (Å²) in [5.41, 5.74) is 20.9. The summed E-state index contributed by atoms with van der Waals surface area (Å²) in [4.78, 5) is 4.95. The number of aryl methyl sites for hydroxylation is 2. The lowest BCUT2D eigenvalue weighted by Gasteiger charge is -2.46. The zero-order valence-corrected chi connectivity index (χ0v) is 28.6. The normalized spacial score (nSPS) is 19.9. The van der Waals surface area contributed by atoms with E-state index in [1.165, 1.54) is 72.4 Å². The van der Waals surface area contributed by atoms with Gasteiger partial charge in [0.15, 0.2) is 0 Å². The van der Waals surface area contributed by atoms with Gasteiger partial charge in [-0.25, -0.2) is 10.0 Å². The maximum atomic E-state index is 2.64. The average Bonchev–Trinajstić information content (AvgIpc) is 3.83. The van der Waals surface area contributed by atoms with Crippen molar-refractivity contribution in [2.24, 2.45) is 0 Å². The van der Waals surface area contributed by atoms with Gasteiger partial charge in [-0.3, -0.25) is 0 Å². The Balaban J connectivity index is 1.26. The minimum Gasteiger partial charge on any atom is -0.344 e. The van der Waals surface area contributed by atoms with Crippen LogP contribution in [-0.2, 0) is 25.7 Å². The Morgan fingerprint density at radius 3 is 1.38 bits per heavy atom. The second kappa shape index (κ2) is 10.7. The van der Waals surface area contributed by atoms with Gasteiger partial charge in [0.05, 0.1) is 11.4 Å². The molecule has 0 heterocycles. The largest absolute Gasteiger partial charge is 0.344 e. The first kappa shape index (κ1) is 28.8. The lowest BCUT2D eigenvalue weighted by molar-refractivity contribution is 0.910. The van der Waals surface area contributed by atoms with Crippen LogP contribution >= 0.6 is 10.0 Å². The third-order valence-electron chi connectivity index (χ3n) is 11.2. The standard InChI is InChI=1S/C42H46N2S/c1-27-23-35-37(25-29-15-13-21-33(29)39(35)43(3)31-17-9-7-10-18-31)41(27)45(5,6)42-28(2)24-36-38(42)26-30-16-14-22-34(30)40(36)44(4)32-19-11-8-12-20-32/h7-12,17-20,23-26,41-42H,13-16,21-22H2,1-6H3. The molecule has 4 aromatic carbocycles. The van der Waals surface area contributed by atoms with Gasteiger partial charge in [-0.1, -0.05) is 71.8 Å². The average molecular weight is 611 g/mol. The molecule has 3 heteroatoms. The van der Waals surface area contributed by atoms with Crippen LogP contribution in [0.3, 0.4) is 0 Å². The molecule has 0 aromatic heterocycles. The molecule has 0 spiro atoms. The van der Waals surface area contributed by atoms with Crippen molar-refractivity contribution in [1.82, 2.24) is 0 Å². The number of rotatable bonds is 6. The lowest BCUT2D eigenvalue weighted by Crippen LogP contribution is -2.19. The van der Waals surface area contributed by atoms with E-state index < -0.39 is 10.0 Å². The number of benzene rings is 4. The fourth-order valence-electron chi connectivity index (χ4n) is 9.43. The molecule has 2 unspecified atom stereocenters. The Labute approximate surface area is 271 Å². The fraction of sp³-hybridized carbons (Fsp3) is 0.333. The summed E-state index contributed by atoms with van der Waals surface area (Å²) in [6, 6.07) is 27.2. The highest BCUT2D eigenvalue weighted by Crippen LogP contribution is 2.73. The number of hydrogen-bond donors (Lipinski definition) is 0. The Bertz CT molecular complexity index is 1740. The van der Waals surface area contributed by atoms with Crippen LogP contribution in [-0.4, -0.2) is 26.6 Å². The minimum absolute atomic E-state index is 0.448. The van der Waals surface area contributed by atoms with Gasteiger partial charge in [0.25, 0.3) is 0 Å². The Morgan fingerprint density at radius 2 is 0.978 bits per heavy atom. The molecule has 2 atom stereocenters. The van der Waals surface area contributed by atoms with Crippen LogP contribution in [0.2, 0.25) is 0 Å². The highest BCUT2D eigenvalue weighted by molar-refractivity contribution is 8.33. The van der Waals surface area contributed by atoms with Crippen molar-refractivity contribution in [1.29, 1.82) is 0 Å². The zero-order chi connectivity index (χ0) is 31.0. The first-order chi connectivity index (χ1) is 21.8. The third kappa shape index (κ3) is 4.37. The van der Waals surface area contributed by atoms with Gasteiger partial charge in [0.1, 0.15) is 0 Å². The van der Waals surface area contributed by atoms with Crippen LogP contribution in [0.1, 0.15) is 81.7 Å². The van der Waals surface area contributed by atoms with Gasteiger partial charge < -0.3 is 9.80 Å². The molecule has 8 rings (SSSR count). The molecule has 0 radical (unpaired) electrons. The van der Waals surface area contributed by atoms with E-state index in [1.807, 2.05) is 0 Å². The predicted octanol–water partition coefficient (Wildman–Crippen LogP) is 10.9. The number of para-hydroxylation sites is 2. The van der Waals surface area contributed by atoms with E-state index in [-0.39, 0.29) is 0 Å². The highest BCUT2D eigenvalue weighted by Gasteiger charge is 2.44. The van der Waals surface area contributed by atoms with Crippen LogP contribution in [0.15, 0.2) is 83.9 Å². The molecule has 0 saturated carbocycles. The van der Waals surface area contributed by atoms with Crippen molar-refractivity contribution in [2.75, 3.05) is 36.4 Å². The molecule has 0 bridgehead atoms. The molecule has 4 aliphatic rings. The summed E-state index contributed by atoms with van der Waals surface area (Å²) in [5.74, 6) is 0. The van der Waals surface area contributed by atoms with Crippen LogP contribution < -0.4 is 9.80 Å². The molecular formula is C42H46N2S. The minimum atomic E-state index is -1.19. The van der Waals surface area contributed by atoms with E-state index in [4.69, 9.17) is 0 Å². The summed E-state index contributed by atoms with van der Waals surface area (Å²) in [6.45, 7) is 4.84. The molecule has 0 fully saturated rings. The maximum Gasteiger partial charge on any atom is 0.0520 e. The summed E-state index contributed by atoms with van der Waals surface area (Å²) in [5, 5.41) is 0.897.